The van der Waals surface area contributed by atoms with E-state index in [4.69, 9.17) is 0 Å². The van der Waals surface area contributed by atoms with Crippen LogP contribution in [0.1, 0.15) is 52.1 Å². The van der Waals surface area contributed by atoms with E-state index < -0.39 is 15.4 Å². The maximum atomic E-state index is 13.4. The number of carbonyl (C=O) groups excluding carboxylic acids is 1. The second-order valence-corrected chi connectivity index (χ2v) is 12.0. The number of hydrogen-bond acceptors (Lipinski definition) is 7. The summed E-state index contributed by atoms with van der Waals surface area (Å²) >= 11 is 0. The first-order valence-electron chi connectivity index (χ1n) is 11.3. The van der Waals surface area contributed by atoms with E-state index >= 15 is 0 Å². The van der Waals surface area contributed by atoms with Crippen LogP contribution in [-0.4, -0.2) is 47.5 Å². The van der Waals surface area contributed by atoms with Gasteiger partial charge in [-0.05, 0) is 44.6 Å². The number of carbonyl (C=O) groups is 1. The quantitative estimate of drug-likeness (QED) is 0.749. The van der Waals surface area contributed by atoms with Gasteiger partial charge in [-0.15, -0.1) is 0 Å². The number of rotatable bonds is 3. The molecule has 0 bridgehead atoms. The molecule has 1 aliphatic carbocycles. The normalized spacial score (nSPS) is 26.7. The number of nitrogens with zero attached hydrogens (tertiary/aromatic N) is 5. The Hall–Kier alpha value is -2.33. The van der Waals surface area contributed by atoms with Crippen LogP contribution >= 0.6 is 0 Å². The Labute approximate surface area is 188 Å². The first-order chi connectivity index (χ1) is 15.1. The van der Waals surface area contributed by atoms with Gasteiger partial charge >= 0.3 is 0 Å². The van der Waals surface area contributed by atoms with Crippen LogP contribution in [-0.2, 0) is 21.4 Å². The molecular weight excluding hydrogens is 428 g/mol. The van der Waals surface area contributed by atoms with E-state index in [0.717, 1.165) is 23.3 Å². The molecule has 10 heteroatoms. The number of piperidine rings is 1. The highest BCUT2D eigenvalue weighted by atomic mass is 32.2. The van der Waals surface area contributed by atoms with Gasteiger partial charge in [-0.1, -0.05) is 13.8 Å². The number of ketones is 1. The molecule has 32 heavy (non-hydrogen) atoms. The van der Waals surface area contributed by atoms with E-state index in [-0.39, 0.29) is 22.4 Å². The fourth-order valence-corrected chi connectivity index (χ4v) is 7.51. The van der Waals surface area contributed by atoms with Crippen molar-refractivity contribution in [2.24, 2.45) is 21.1 Å². The van der Waals surface area contributed by atoms with Crippen molar-refractivity contribution in [1.29, 1.82) is 0 Å². The van der Waals surface area contributed by atoms with Crippen LogP contribution in [0.4, 0.5) is 0 Å². The lowest BCUT2D eigenvalue weighted by Gasteiger charge is -2.50. The molecule has 9 nitrogen and oxygen atoms in total. The molecule has 0 radical (unpaired) electrons. The maximum absolute atomic E-state index is 13.4. The van der Waals surface area contributed by atoms with Crippen LogP contribution in [0, 0.1) is 17.8 Å². The first-order valence-corrected chi connectivity index (χ1v) is 12.7. The molecule has 1 fully saturated rings. The molecule has 3 aliphatic heterocycles. The Morgan fingerprint density at radius 2 is 1.94 bits per heavy atom. The fourth-order valence-electron chi connectivity index (χ4n) is 5.83. The van der Waals surface area contributed by atoms with Crippen molar-refractivity contribution < 1.29 is 13.2 Å². The molecule has 4 aliphatic rings. The standard InChI is InChI=1S/C22H30N6O3S/c1-5-28-18(10-14(2)26-28)32(30,31)27-8-6-22(7-9-27)15-13-23-25-20(15)24-16-11-21(3,4)12-17(29)19(16)22/h10,13,20,24H,5-9,11-12H2,1-4H3. The maximum Gasteiger partial charge on any atom is 0.260 e. The minimum Gasteiger partial charge on any atom is -0.362 e. The topological polar surface area (TPSA) is 109 Å². The van der Waals surface area contributed by atoms with Crippen LogP contribution in [0.3, 0.4) is 0 Å². The van der Waals surface area contributed by atoms with Crippen molar-refractivity contribution in [2.45, 2.75) is 71.1 Å². The van der Waals surface area contributed by atoms with Crippen molar-refractivity contribution >= 4 is 15.8 Å². The molecule has 1 saturated heterocycles. The molecule has 0 amide bonds. The van der Waals surface area contributed by atoms with Crippen molar-refractivity contribution in [1.82, 2.24) is 19.4 Å². The molecule has 1 aromatic heterocycles. The summed E-state index contributed by atoms with van der Waals surface area (Å²) in [5, 5.41) is 16.5. The third kappa shape index (κ3) is 3.10. The van der Waals surface area contributed by atoms with Crippen LogP contribution in [0.5, 0.6) is 0 Å². The number of allylic oxidation sites excluding steroid dienone is 2. The lowest BCUT2D eigenvalue weighted by molar-refractivity contribution is -0.119. The summed E-state index contributed by atoms with van der Waals surface area (Å²) in [6.07, 6.45) is 3.89. The summed E-state index contributed by atoms with van der Waals surface area (Å²) in [7, 11) is -3.67. The third-order valence-electron chi connectivity index (χ3n) is 7.24. The molecule has 172 valence electrons. The number of sulfonamides is 1. The van der Waals surface area contributed by atoms with Gasteiger partial charge in [-0.2, -0.15) is 19.6 Å². The van der Waals surface area contributed by atoms with Crippen molar-refractivity contribution in [3.63, 3.8) is 0 Å². The Balaban J connectivity index is 1.50. The van der Waals surface area contributed by atoms with Gasteiger partial charge in [0.15, 0.2) is 17.0 Å². The average Bonchev–Trinajstić information content (AvgIpc) is 3.34. The second kappa shape index (κ2) is 7.08. The molecule has 4 heterocycles. The van der Waals surface area contributed by atoms with Gasteiger partial charge in [-0.3, -0.25) is 9.48 Å². The lowest BCUT2D eigenvalue weighted by atomic mass is 9.59. The Morgan fingerprint density at radius 3 is 2.62 bits per heavy atom. The minimum absolute atomic E-state index is 0.110. The molecule has 1 aromatic rings. The van der Waals surface area contributed by atoms with E-state index in [1.165, 1.54) is 0 Å². The zero-order valence-corrected chi connectivity index (χ0v) is 19.9. The molecule has 0 saturated carbocycles. The molecule has 1 atom stereocenters. The van der Waals surface area contributed by atoms with Crippen molar-refractivity contribution in [3.8, 4) is 0 Å². The van der Waals surface area contributed by atoms with Crippen molar-refractivity contribution in [2.75, 3.05) is 13.1 Å². The highest BCUT2D eigenvalue weighted by molar-refractivity contribution is 7.89. The van der Waals surface area contributed by atoms with Gasteiger partial charge in [0.2, 0.25) is 0 Å². The average molecular weight is 459 g/mol. The lowest BCUT2D eigenvalue weighted by Crippen LogP contribution is -2.54. The predicted octanol–water partition coefficient (Wildman–Crippen LogP) is 2.90. The van der Waals surface area contributed by atoms with Crippen LogP contribution in [0.25, 0.3) is 0 Å². The summed E-state index contributed by atoms with van der Waals surface area (Å²) in [6, 6.07) is 1.63. The van der Waals surface area contributed by atoms with Crippen LogP contribution < -0.4 is 5.32 Å². The summed E-state index contributed by atoms with van der Waals surface area (Å²) in [5.41, 5.74) is 2.86. The first kappa shape index (κ1) is 21.5. The van der Waals surface area contributed by atoms with E-state index in [2.05, 4.69) is 34.5 Å². The Kier molecular flexibility index (Phi) is 4.76. The number of fused-ring (bicyclic) bond motifs is 3. The Morgan fingerprint density at radius 1 is 1.22 bits per heavy atom. The fraction of sp³-hybridized carbons (Fsp3) is 0.636. The monoisotopic (exact) mass is 458 g/mol. The summed E-state index contributed by atoms with van der Waals surface area (Å²) < 4.78 is 29.9. The number of azo groups is 1. The number of Topliss-reactive ketones (excluding diaryl/α,β-unsaturated/α-hetero) is 1. The molecule has 1 N–H and O–H groups in total. The third-order valence-corrected chi connectivity index (χ3v) is 9.14. The van der Waals surface area contributed by atoms with Crippen molar-refractivity contribution in [3.05, 3.63) is 34.8 Å². The zero-order valence-electron chi connectivity index (χ0n) is 19.1. The highest BCUT2D eigenvalue weighted by Crippen LogP contribution is 2.55. The van der Waals surface area contributed by atoms with Gasteiger partial charge in [-0.25, -0.2) is 8.42 Å². The van der Waals surface area contributed by atoms with Gasteiger partial charge < -0.3 is 5.32 Å². The largest absolute Gasteiger partial charge is 0.362 e. The van der Waals surface area contributed by atoms with Gasteiger partial charge in [0.25, 0.3) is 10.0 Å². The van der Waals surface area contributed by atoms with Gasteiger partial charge in [0.1, 0.15) is 0 Å². The molecular formula is C22H30N6O3S. The van der Waals surface area contributed by atoms with Crippen LogP contribution in [0.15, 0.2) is 44.4 Å². The van der Waals surface area contributed by atoms with Gasteiger partial charge in [0, 0.05) is 48.3 Å². The minimum atomic E-state index is -3.67. The number of aromatic nitrogens is 2. The Bertz CT molecular complexity index is 1180. The zero-order chi connectivity index (χ0) is 22.9. The SMILES string of the molecule is CCn1nc(C)cc1S(=O)(=O)N1CCC2(CC1)C1=CN=NC1NC1=C2C(=O)CC(C)(C)C1. The number of hydrogen-bond donors (Lipinski definition) is 1. The summed E-state index contributed by atoms with van der Waals surface area (Å²) in [5.74, 6) is 0.158. The smallest absolute Gasteiger partial charge is 0.260 e. The van der Waals surface area contributed by atoms with E-state index in [1.54, 1.807) is 28.2 Å². The summed E-state index contributed by atoms with van der Waals surface area (Å²) in [4.78, 5) is 13.4. The molecule has 1 unspecified atom stereocenters. The van der Waals surface area contributed by atoms with E-state index in [9.17, 15) is 13.2 Å². The van der Waals surface area contributed by atoms with Crippen LogP contribution in [0.2, 0.25) is 0 Å². The molecule has 1 spiro atoms. The molecule has 5 rings (SSSR count). The van der Waals surface area contributed by atoms with Gasteiger partial charge in [0.05, 0.1) is 11.9 Å². The van der Waals surface area contributed by atoms with E-state index in [0.29, 0.717) is 44.6 Å². The van der Waals surface area contributed by atoms with E-state index in [1.807, 2.05) is 6.92 Å². The number of aryl methyl sites for hydroxylation is 2. The number of nitrogens with one attached hydrogen (secondary N) is 1. The molecule has 0 aromatic carbocycles. The summed E-state index contributed by atoms with van der Waals surface area (Å²) in [6.45, 7) is 9.08. The highest BCUT2D eigenvalue weighted by Gasteiger charge is 2.54. The predicted molar refractivity (Wildman–Crippen MR) is 118 cm³/mol. The second-order valence-electron chi connectivity index (χ2n) is 10.1.